The molecule has 5 heteroatoms. The Balaban J connectivity index is 3.06. The van der Waals surface area contributed by atoms with Gasteiger partial charge in [-0.2, -0.15) is 0 Å². The molecule has 0 radical (unpaired) electrons. The Kier molecular flexibility index (Phi) is 8.26. The molecular weight excluding hydrogens is 320 g/mol. The monoisotopic (exact) mass is 354 g/mol. The van der Waals surface area contributed by atoms with Crippen LogP contribution in [-0.4, -0.2) is 34.9 Å². The number of esters is 1. The summed E-state index contributed by atoms with van der Waals surface area (Å²) in [5, 5.41) is 10.4. The van der Waals surface area contributed by atoms with Gasteiger partial charge in [-0.25, -0.2) is 0 Å². The molecular formula is C20H34O5. The molecule has 0 spiro atoms. The first-order valence-corrected chi connectivity index (χ1v) is 9.55. The molecule has 1 rings (SSSR count). The topological polar surface area (TPSA) is 80.7 Å². The van der Waals surface area contributed by atoms with Crippen molar-refractivity contribution in [1.29, 1.82) is 0 Å². The molecule has 0 aromatic carbocycles. The normalized spacial score (nSPS) is 39.6. The first-order chi connectivity index (χ1) is 11.6. The SMILES string of the molecule is CCC1OC(=O)C(C)C(=O)C(C)C(O)C(C)CCC(=O)C(C)CC1C. The largest absolute Gasteiger partial charge is 0.462 e. The van der Waals surface area contributed by atoms with Crippen LogP contribution >= 0.6 is 0 Å². The van der Waals surface area contributed by atoms with E-state index in [1.54, 1.807) is 13.8 Å². The minimum Gasteiger partial charge on any atom is -0.462 e. The molecule has 25 heavy (non-hydrogen) atoms. The number of carbonyl (C=O) groups is 3. The van der Waals surface area contributed by atoms with Gasteiger partial charge in [-0.1, -0.05) is 34.6 Å². The predicted molar refractivity (Wildman–Crippen MR) is 95.9 cm³/mol. The Morgan fingerprint density at radius 1 is 1.04 bits per heavy atom. The van der Waals surface area contributed by atoms with Crippen molar-refractivity contribution >= 4 is 17.5 Å². The van der Waals surface area contributed by atoms with E-state index in [9.17, 15) is 19.5 Å². The van der Waals surface area contributed by atoms with Gasteiger partial charge in [0.1, 0.15) is 17.8 Å². The summed E-state index contributed by atoms with van der Waals surface area (Å²) in [7, 11) is 0. The van der Waals surface area contributed by atoms with Gasteiger partial charge in [-0.3, -0.25) is 14.4 Å². The first-order valence-electron chi connectivity index (χ1n) is 9.55. The summed E-state index contributed by atoms with van der Waals surface area (Å²) in [6, 6.07) is 0. The van der Waals surface area contributed by atoms with Crippen molar-refractivity contribution in [2.75, 3.05) is 0 Å². The van der Waals surface area contributed by atoms with E-state index in [1.165, 1.54) is 0 Å². The summed E-state index contributed by atoms with van der Waals surface area (Å²) in [5.41, 5.74) is 0. The van der Waals surface area contributed by atoms with Crippen LogP contribution in [0.1, 0.15) is 67.2 Å². The van der Waals surface area contributed by atoms with Crippen LogP contribution in [0.15, 0.2) is 0 Å². The zero-order valence-electron chi connectivity index (χ0n) is 16.5. The van der Waals surface area contributed by atoms with E-state index in [1.807, 2.05) is 27.7 Å². The Morgan fingerprint density at radius 2 is 1.64 bits per heavy atom. The number of ether oxygens (including phenoxy) is 1. The molecule has 5 nitrogen and oxygen atoms in total. The second kappa shape index (κ2) is 9.46. The van der Waals surface area contributed by atoms with Crippen LogP contribution in [0.4, 0.5) is 0 Å². The lowest BCUT2D eigenvalue weighted by Gasteiger charge is -2.29. The number of Topliss-reactive ketones (excluding diaryl/α,β-unsaturated/α-hetero) is 2. The van der Waals surface area contributed by atoms with Crippen LogP contribution in [0.5, 0.6) is 0 Å². The number of cyclic esters (lactones) is 1. The van der Waals surface area contributed by atoms with Gasteiger partial charge < -0.3 is 9.84 Å². The van der Waals surface area contributed by atoms with Gasteiger partial charge in [0.2, 0.25) is 0 Å². The third-order valence-electron chi connectivity index (χ3n) is 5.75. The van der Waals surface area contributed by atoms with Gasteiger partial charge in [0.15, 0.2) is 5.78 Å². The first kappa shape index (κ1) is 21.8. The molecule has 0 aliphatic carbocycles. The van der Waals surface area contributed by atoms with Crippen molar-refractivity contribution in [3.63, 3.8) is 0 Å². The number of hydrogen-bond acceptors (Lipinski definition) is 5. The summed E-state index contributed by atoms with van der Waals surface area (Å²) >= 11 is 0. The van der Waals surface area contributed by atoms with Crippen molar-refractivity contribution in [1.82, 2.24) is 0 Å². The second-order valence-electron chi connectivity index (χ2n) is 7.88. The van der Waals surface area contributed by atoms with Gasteiger partial charge in [-0.05, 0) is 38.0 Å². The zero-order chi connectivity index (χ0) is 19.3. The number of hydrogen-bond donors (Lipinski definition) is 1. The van der Waals surface area contributed by atoms with Crippen LogP contribution in [-0.2, 0) is 19.1 Å². The lowest BCUT2D eigenvalue weighted by Crippen LogP contribution is -2.39. The average Bonchev–Trinajstić information content (AvgIpc) is 2.59. The minimum atomic E-state index is -0.889. The molecule has 0 aromatic heterocycles. The summed E-state index contributed by atoms with van der Waals surface area (Å²) < 4.78 is 5.58. The molecule has 1 saturated heterocycles. The lowest BCUT2D eigenvalue weighted by atomic mass is 9.81. The van der Waals surface area contributed by atoms with Crippen molar-refractivity contribution in [3.05, 3.63) is 0 Å². The van der Waals surface area contributed by atoms with E-state index >= 15 is 0 Å². The minimum absolute atomic E-state index is 0.0542. The number of rotatable bonds is 1. The lowest BCUT2D eigenvalue weighted by molar-refractivity contribution is -0.160. The van der Waals surface area contributed by atoms with Gasteiger partial charge in [0.25, 0.3) is 0 Å². The van der Waals surface area contributed by atoms with E-state index in [0.29, 0.717) is 25.7 Å². The highest BCUT2D eigenvalue weighted by Gasteiger charge is 2.36. The molecule has 0 saturated carbocycles. The Bertz CT molecular complexity index is 486. The third kappa shape index (κ3) is 5.63. The molecule has 0 amide bonds. The predicted octanol–water partition coefficient (Wildman–Crippen LogP) is 3.17. The van der Waals surface area contributed by atoms with Crippen molar-refractivity contribution in [2.45, 2.75) is 79.4 Å². The highest BCUT2D eigenvalue weighted by Crippen LogP contribution is 2.27. The number of aliphatic hydroxyl groups excluding tert-OH is 1. The van der Waals surface area contributed by atoms with Gasteiger partial charge >= 0.3 is 5.97 Å². The van der Waals surface area contributed by atoms with E-state index in [4.69, 9.17) is 4.74 Å². The summed E-state index contributed by atoms with van der Waals surface area (Å²) in [5.74, 6) is -2.45. The van der Waals surface area contributed by atoms with Crippen molar-refractivity contribution in [2.24, 2.45) is 29.6 Å². The Hall–Kier alpha value is -1.23. The number of aliphatic hydroxyl groups is 1. The molecule has 0 aromatic rings. The van der Waals surface area contributed by atoms with Crippen LogP contribution < -0.4 is 0 Å². The van der Waals surface area contributed by atoms with E-state index < -0.39 is 23.9 Å². The summed E-state index contributed by atoms with van der Waals surface area (Å²) in [4.78, 5) is 37.3. The highest BCUT2D eigenvalue weighted by atomic mass is 16.5. The molecule has 0 bridgehead atoms. The van der Waals surface area contributed by atoms with E-state index in [-0.39, 0.29) is 35.4 Å². The molecule has 7 atom stereocenters. The van der Waals surface area contributed by atoms with Gasteiger partial charge in [0.05, 0.1) is 6.10 Å². The highest BCUT2D eigenvalue weighted by molar-refractivity contribution is 5.99. The maximum atomic E-state index is 12.5. The molecule has 144 valence electrons. The number of ketones is 2. The molecule has 1 aliphatic heterocycles. The molecule has 1 aliphatic rings. The zero-order valence-corrected chi connectivity index (χ0v) is 16.5. The van der Waals surface area contributed by atoms with Gasteiger partial charge in [-0.15, -0.1) is 0 Å². The average molecular weight is 354 g/mol. The Labute approximate surface area is 151 Å². The maximum absolute atomic E-state index is 12.5. The fraction of sp³-hybridized carbons (Fsp3) is 0.850. The second-order valence-corrected chi connectivity index (χ2v) is 7.88. The maximum Gasteiger partial charge on any atom is 0.316 e. The van der Waals surface area contributed by atoms with Crippen LogP contribution in [0.2, 0.25) is 0 Å². The quantitative estimate of drug-likeness (QED) is 0.578. The third-order valence-corrected chi connectivity index (χ3v) is 5.75. The number of carbonyl (C=O) groups excluding carboxylic acids is 3. The summed E-state index contributed by atoms with van der Waals surface area (Å²) in [6.45, 7) is 10.9. The van der Waals surface area contributed by atoms with Crippen molar-refractivity contribution < 1.29 is 24.2 Å². The van der Waals surface area contributed by atoms with E-state index in [2.05, 4.69) is 0 Å². The molecule has 1 N–H and O–H groups in total. The van der Waals surface area contributed by atoms with Crippen LogP contribution in [0.3, 0.4) is 0 Å². The van der Waals surface area contributed by atoms with Crippen LogP contribution in [0.25, 0.3) is 0 Å². The molecule has 1 fully saturated rings. The standard InChI is InChI=1S/C20H34O5/c1-7-17-13(4)10-12(3)16(21)9-8-11(2)18(22)14(5)19(23)15(6)20(24)25-17/h11-15,17-18,22H,7-10H2,1-6H3. The van der Waals surface area contributed by atoms with Gasteiger partial charge in [0, 0.05) is 18.3 Å². The smallest absolute Gasteiger partial charge is 0.316 e. The van der Waals surface area contributed by atoms with Crippen molar-refractivity contribution in [3.8, 4) is 0 Å². The fourth-order valence-electron chi connectivity index (χ4n) is 3.65. The Morgan fingerprint density at radius 3 is 2.20 bits per heavy atom. The molecule has 7 unspecified atom stereocenters. The van der Waals surface area contributed by atoms with E-state index in [0.717, 1.165) is 0 Å². The fourth-order valence-corrected chi connectivity index (χ4v) is 3.65. The summed E-state index contributed by atoms with van der Waals surface area (Å²) in [6.07, 6.45) is 1.07. The van der Waals surface area contributed by atoms with Crippen LogP contribution in [0, 0.1) is 29.6 Å². The molecule has 1 heterocycles.